The van der Waals surface area contributed by atoms with Crippen LogP contribution in [0.1, 0.15) is 21.7 Å². The molecular weight excluding hydrogens is 328 g/mol. The Labute approximate surface area is 133 Å². The highest BCUT2D eigenvalue weighted by atomic mass is 35.5. The standard InChI is InChI=1S/C13H15ClN4O3S/c1-8-12(9(2)18(3)16-8)22(20,21)17-15-13(19)10-6-4-5-7-11(10)14/h4-7,17H,1-3H3,(H,15,19). The molecule has 22 heavy (non-hydrogen) atoms. The van der Waals surface area contributed by atoms with Gasteiger partial charge in [-0.3, -0.25) is 14.9 Å². The quantitative estimate of drug-likeness (QED) is 0.819. The fourth-order valence-electron chi connectivity index (χ4n) is 2.02. The molecule has 0 fully saturated rings. The van der Waals surface area contributed by atoms with Crippen molar-refractivity contribution in [3.63, 3.8) is 0 Å². The summed E-state index contributed by atoms with van der Waals surface area (Å²) in [7, 11) is -2.28. The second-order valence-electron chi connectivity index (χ2n) is 4.66. The number of sulfonamides is 1. The number of aryl methyl sites for hydroxylation is 2. The summed E-state index contributed by atoms with van der Waals surface area (Å²) in [5, 5.41) is 4.27. The van der Waals surface area contributed by atoms with E-state index in [2.05, 4.69) is 15.4 Å². The van der Waals surface area contributed by atoms with Gasteiger partial charge < -0.3 is 0 Å². The lowest BCUT2D eigenvalue weighted by molar-refractivity contribution is 0.0945. The highest BCUT2D eigenvalue weighted by molar-refractivity contribution is 7.89. The SMILES string of the molecule is Cc1nn(C)c(C)c1S(=O)(=O)NNC(=O)c1ccccc1Cl. The molecule has 7 nitrogen and oxygen atoms in total. The van der Waals surface area contributed by atoms with E-state index in [0.717, 1.165) is 0 Å². The number of halogens is 1. The first-order valence-corrected chi connectivity index (χ1v) is 8.17. The molecule has 1 heterocycles. The van der Waals surface area contributed by atoms with Gasteiger partial charge in [-0.25, -0.2) is 8.42 Å². The van der Waals surface area contributed by atoms with E-state index >= 15 is 0 Å². The summed E-state index contributed by atoms with van der Waals surface area (Å²) in [6, 6.07) is 6.34. The maximum atomic E-state index is 12.3. The van der Waals surface area contributed by atoms with Gasteiger partial charge in [0.15, 0.2) is 0 Å². The van der Waals surface area contributed by atoms with E-state index in [-0.39, 0.29) is 15.5 Å². The zero-order chi connectivity index (χ0) is 16.5. The topological polar surface area (TPSA) is 93.1 Å². The number of benzene rings is 1. The van der Waals surface area contributed by atoms with Crippen molar-refractivity contribution in [3.8, 4) is 0 Å². The average Bonchev–Trinajstić information content (AvgIpc) is 2.70. The zero-order valence-corrected chi connectivity index (χ0v) is 13.8. The highest BCUT2D eigenvalue weighted by Gasteiger charge is 2.24. The molecule has 0 spiro atoms. The van der Waals surface area contributed by atoms with Crippen LogP contribution in [0.3, 0.4) is 0 Å². The van der Waals surface area contributed by atoms with Crippen molar-refractivity contribution in [2.45, 2.75) is 18.7 Å². The third kappa shape index (κ3) is 3.13. The molecule has 0 unspecified atom stereocenters. The van der Waals surface area contributed by atoms with Crippen molar-refractivity contribution in [2.24, 2.45) is 7.05 Å². The molecule has 2 rings (SSSR count). The molecule has 0 aliphatic heterocycles. The maximum Gasteiger partial charge on any atom is 0.267 e. The molecule has 0 atom stereocenters. The van der Waals surface area contributed by atoms with Gasteiger partial charge in [-0.2, -0.15) is 5.10 Å². The summed E-state index contributed by atoms with van der Waals surface area (Å²) in [6.07, 6.45) is 0. The summed E-state index contributed by atoms with van der Waals surface area (Å²) in [6.45, 7) is 3.21. The lowest BCUT2D eigenvalue weighted by Crippen LogP contribution is -2.42. The molecular formula is C13H15ClN4O3S. The minimum Gasteiger partial charge on any atom is -0.273 e. The maximum absolute atomic E-state index is 12.3. The zero-order valence-electron chi connectivity index (χ0n) is 12.2. The number of rotatable bonds is 4. The number of nitrogens with zero attached hydrogens (tertiary/aromatic N) is 2. The fourth-order valence-corrected chi connectivity index (χ4v) is 3.52. The van der Waals surface area contributed by atoms with Gasteiger partial charge in [-0.05, 0) is 26.0 Å². The van der Waals surface area contributed by atoms with Gasteiger partial charge in [0.1, 0.15) is 4.90 Å². The van der Waals surface area contributed by atoms with Gasteiger partial charge in [0, 0.05) is 7.05 Å². The third-order valence-electron chi connectivity index (χ3n) is 3.13. The van der Waals surface area contributed by atoms with Gasteiger partial charge in [-0.1, -0.05) is 23.7 Å². The summed E-state index contributed by atoms with van der Waals surface area (Å²) in [4.78, 5) is 14.1. The van der Waals surface area contributed by atoms with Crippen molar-refractivity contribution in [1.82, 2.24) is 20.0 Å². The van der Waals surface area contributed by atoms with E-state index in [1.54, 1.807) is 39.1 Å². The van der Waals surface area contributed by atoms with Crippen LogP contribution < -0.4 is 10.3 Å². The van der Waals surface area contributed by atoms with Crippen LogP contribution in [0.15, 0.2) is 29.2 Å². The monoisotopic (exact) mass is 342 g/mol. The van der Waals surface area contributed by atoms with Crippen molar-refractivity contribution < 1.29 is 13.2 Å². The van der Waals surface area contributed by atoms with E-state index in [0.29, 0.717) is 11.4 Å². The fraction of sp³-hybridized carbons (Fsp3) is 0.231. The molecule has 0 radical (unpaired) electrons. The summed E-state index contributed by atoms with van der Waals surface area (Å²) in [5.74, 6) is -0.645. The highest BCUT2D eigenvalue weighted by Crippen LogP contribution is 2.18. The lowest BCUT2D eigenvalue weighted by atomic mass is 10.2. The van der Waals surface area contributed by atoms with Crippen LogP contribution in [0.5, 0.6) is 0 Å². The van der Waals surface area contributed by atoms with Gasteiger partial charge in [0.25, 0.3) is 15.9 Å². The molecule has 1 aromatic carbocycles. The molecule has 1 amide bonds. The molecule has 9 heteroatoms. The first-order valence-electron chi connectivity index (χ1n) is 6.31. The molecule has 0 aliphatic carbocycles. The van der Waals surface area contributed by atoms with Gasteiger partial charge >= 0.3 is 0 Å². The van der Waals surface area contributed by atoms with Crippen molar-refractivity contribution in [3.05, 3.63) is 46.2 Å². The van der Waals surface area contributed by atoms with E-state index in [4.69, 9.17) is 11.6 Å². The van der Waals surface area contributed by atoms with E-state index in [1.807, 2.05) is 0 Å². The molecule has 0 saturated heterocycles. The number of hydrazine groups is 1. The smallest absolute Gasteiger partial charge is 0.267 e. The largest absolute Gasteiger partial charge is 0.273 e. The molecule has 2 N–H and O–H groups in total. The lowest BCUT2D eigenvalue weighted by Gasteiger charge is -2.09. The minimum absolute atomic E-state index is 0.0365. The summed E-state index contributed by atoms with van der Waals surface area (Å²) >= 11 is 5.89. The molecule has 0 saturated carbocycles. The number of aromatic nitrogens is 2. The predicted octanol–water partition coefficient (Wildman–Crippen LogP) is 1.31. The summed E-state index contributed by atoms with van der Waals surface area (Å²) < 4.78 is 26.0. The predicted molar refractivity (Wildman–Crippen MR) is 81.9 cm³/mol. The number of carbonyl (C=O) groups excluding carboxylic acids is 1. The van der Waals surface area contributed by atoms with Crippen LogP contribution in [0.2, 0.25) is 5.02 Å². The first-order chi connectivity index (χ1) is 10.2. The number of carbonyl (C=O) groups is 1. The van der Waals surface area contributed by atoms with Crippen molar-refractivity contribution in [1.29, 1.82) is 0 Å². The van der Waals surface area contributed by atoms with Crippen molar-refractivity contribution in [2.75, 3.05) is 0 Å². The Hall–Kier alpha value is -1.90. The first kappa shape index (κ1) is 16.5. The molecule has 2 aromatic rings. The van der Waals surface area contributed by atoms with Crippen LogP contribution in [0.25, 0.3) is 0 Å². The van der Waals surface area contributed by atoms with Gasteiger partial charge in [0.05, 0.1) is 22.0 Å². The normalized spacial score (nSPS) is 11.5. The molecule has 1 aromatic heterocycles. The minimum atomic E-state index is -3.93. The number of nitrogens with one attached hydrogen (secondary N) is 2. The Kier molecular flexibility index (Phi) is 4.55. The number of amides is 1. The molecule has 0 aliphatic rings. The van der Waals surface area contributed by atoms with Crippen LogP contribution in [-0.4, -0.2) is 24.1 Å². The number of hydrogen-bond donors (Lipinski definition) is 2. The van der Waals surface area contributed by atoms with Crippen LogP contribution in [0, 0.1) is 13.8 Å². The average molecular weight is 343 g/mol. The Morgan fingerprint density at radius 3 is 2.45 bits per heavy atom. The number of hydrogen-bond acceptors (Lipinski definition) is 4. The van der Waals surface area contributed by atoms with Crippen molar-refractivity contribution >= 4 is 27.5 Å². The van der Waals surface area contributed by atoms with E-state index < -0.39 is 15.9 Å². The Bertz CT molecular complexity index is 830. The summed E-state index contributed by atoms with van der Waals surface area (Å²) in [5.41, 5.74) is 3.13. The van der Waals surface area contributed by atoms with Crippen LogP contribution >= 0.6 is 11.6 Å². The van der Waals surface area contributed by atoms with E-state index in [9.17, 15) is 13.2 Å². The second kappa shape index (κ2) is 6.07. The van der Waals surface area contributed by atoms with Gasteiger partial charge in [-0.15, -0.1) is 4.83 Å². The Morgan fingerprint density at radius 1 is 1.27 bits per heavy atom. The van der Waals surface area contributed by atoms with Gasteiger partial charge in [0.2, 0.25) is 0 Å². The molecule has 0 bridgehead atoms. The van der Waals surface area contributed by atoms with Crippen LogP contribution in [0.4, 0.5) is 0 Å². The third-order valence-corrected chi connectivity index (χ3v) is 4.96. The Morgan fingerprint density at radius 2 is 1.91 bits per heavy atom. The molecule has 118 valence electrons. The Balaban J connectivity index is 2.20. The second-order valence-corrected chi connectivity index (χ2v) is 6.69. The van der Waals surface area contributed by atoms with E-state index in [1.165, 1.54) is 10.7 Å². The van der Waals surface area contributed by atoms with Crippen LogP contribution in [-0.2, 0) is 17.1 Å².